The quantitative estimate of drug-likeness (QED) is 0.909. The molecule has 2 aromatic rings. The molecule has 0 unspecified atom stereocenters. The fraction of sp³-hybridized carbons (Fsp3) is 0.353. The van der Waals surface area contributed by atoms with Gasteiger partial charge in [0.2, 0.25) is 0 Å². The van der Waals surface area contributed by atoms with Crippen molar-refractivity contribution in [2.75, 3.05) is 26.8 Å². The first-order chi connectivity index (χ1) is 12.1. The first-order valence-electron chi connectivity index (χ1n) is 8.01. The number of aromatic nitrogens is 1. The number of nitrogens with one attached hydrogen (secondary N) is 1. The van der Waals surface area contributed by atoms with Gasteiger partial charge in [-0.25, -0.2) is 9.69 Å². The van der Waals surface area contributed by atoms with Crippen molar-refractivity contribution in [1.29, 1.82) is 0 Å². The molecule has 2 aliphatic heterocycles. The number of methoxy groups -OCH3 is 1. The lowest BCUT2D eigenvalue weighted by Gasteiger charge is -2.20. The normalized spacial score (nSPS) is 20.4. The van der Waals surface area contributed by atoms with E-state index in [4.69, 9.17) is 9.47 Å². The Morgan fingerprint density at radius 2 is 2.16 bits per heavy atom. The standard InChI is InChI=1S/C17H17N3O5/c1-24-12-3-2-10-6-14(18-13(10)7-12)16(22)19-5-4-11(8-19)20-15(21)9-25-17(20)23/h2-3,6-7,11,18H,4-5,8-9H2,1H3/t11-/m1/s1. The monoisotopic (exact) mass is 343 g/mol. The Hall–Kier alpha value is -3.03. The number of likely N-dealkylation sites (tertiary alicyclic amines) is 1. The number of benzene rings is 1. The summed E-state index contributed by atoms with van der Waals surface area (Å²) < 4.78 is 9.93. The molecule has 1 aromatic heterocycles. The van der Waals surface area contributed by atoms with Gasteiger partial charge in [-0.1, -0.05) is 0 Å². The van der Waals surface area contributed by atoms with Crippen molar-refractivity contribution in [3.63, 3.8) is 0 Å². The van der Waals surface area contributed by atoms with Gasteiger partial charge < -0.3 is 19.4 Å². The molecule has 1 atom stereocenters. The van der Waals surface area contributed by atoms with Crippen LogP contribution < -0.4 is 4.74 Å². The topological polar surface area (TPSA) is 91.9 Å². The Bertz CT molecular complexity index is 858. The summed E-state index contributed by atoms with van der Waals surface area (Å²) >= 11 is 0. The van der Waals surface area contributed by atoms with Crippen molar-refractivity contribution in [2.45, 2.75) is 12.5 Å². The van der Waals surface area contributed by atoms with Gasteiger partial charge in [0.1, 0.15) is 11.4 Å². The summed E-state index contributed by atoms with van der Waals surface area (Å²) in [6.07, 6.45) is -0.0670. The van der Waals surface area contributed by atoms with Gasteiger partial charge >= 0.3 is 6.09 Å². The number of carbonyl (C=O) groups excluding carboxylic acids is 3. The van der Waals surface area contributed by atoms with E-state index in [2.05, 4.69) is 4.98 Å². The molecule has 8 nitrogen and oxygen atoms in total. The van der Waals surface area contributed by atoms with Gasteiger partial charge in [0.25, 0.3) is 11.8 Å². The van der Waals surface area contributed by atoms with Crippen LogP contribution in [0.25, 0.3) is 10.9 Å². The van der Waals surface area contributed by atoms with E-state index in [9.17, 15) is 14.4 Å². The first kappa shape index (κ1) is 15.5. The number of ether oxygens (including phenoxy) is 2. The summed E-state index contributed by atoms with van der Waals surface area (Å²) in [6.45, 7) is 0.588. The minimum atomic E-state index is -0.623. The third-order valence-electron chi connectivity index (χ3n) is 4.66. The van der Waals surface area contributed by atoms with E-state index in [0.717, 1.165) is 15.8 Å². The van der Waals surface area contributed by atoms with E-state index in [1.54, 1.807) is 18.1 Å². The van der Waals surface area contributed by atoms with Crippen LogP contribution in [-0.2, 0) is 9.53 Å². The van der Waals surface area contributed by atoms with Crippen LogP contribution in [0, 0.1) is 0 Å². The molecule has 3 amide bonds. The number of rotatable bonds is 3. The number of H-pyrrole nitrogens is 1. The van der Waals surface area contributed by atoms with Gasteiger partial charge in [-0.3, -0.25) is 9.59 Å². The van der Waals surface area contributed by atoms with Crippen LogP contribution in [0.1, 0.15) is 16.9 Å². The molecule has 0 aliphatic carbocycles. The maximum absolute atomic E-state index is 12.7. The SMILES string of the molecule is COc1ccc2cc(C(=O)N3CC[C@@H](N4C(=O)COC4=O)C3)[nH]c2c1. The van der Waals surface area contributed by atoms with E-state index >= 15 is 0 Å². The highest BCUT2D eigenvalue weighted by Gasteiger charge is 2.41. The molecule has 0 bridgehead atoms. The molecule has 25 heavy (non-hydrogen) atoms. The molecule has 0 radical (unpaired) electrons. The molecule has 1 N–H and O–H groups in total. The number of nitrogens with zero attached hydrogens (tertiary/aromatic N) is 2. The second-order valence-electron chi connectivity index (χ2n) is 6.15. The molecule has 0 saturated carbocycles. The Labute approximate surface area is 143 Å². The Balaban J connectivity index is 1.52. The molecule has 130 valence electrons. The van der Waals surface area contributed by atoms with Gasteiger partial charge in [0.15, 0.2) is 6.61 Å². The van der Waals surface area contributed by atoms with Gasteiger partial charge in [-0.2, -0.15) is 0 Å². The molecule has 2 fully saturated rings. The summed E-state index contributed by atoms with van der Waals surface area (Å²) in [4.78, 5) is 42.0. The van der Waals surface area contributed by atoms with E-state index in [1.807, 2.05) is 18.2 Å². The smallest absolute Gasteiger partial charge is 0.417 e. The zero-order chi connectivity index (χ0) is 17.6. The number of cyclic esters (lactones) is 1. The van der Waals surface area contributed by atoms with Crippen LogP contribution in [-0.4, -0.2) is 65.5 Å². The van der Waals surface area contributed by atoms with Crippen molar-refractivity contribution in [3.05, 3.63) is 30.0 Å². The lowest BCUT2D eigenvalue weighted by Crippen LogP contribution is -2.42. The molecule has 3 heterocycles. The van der Waals surface area contributed by atoms with Crippen molar-refractivity contribution in [2.24, 2.45) is 0 Å². The molecular weight excluding hydrogens is 326 g/mol. The van der Waals surface area contributed by atoms with Crippen LogP contribution >= 0.6 is 0 Å². The van der Waals surface area contributed by atoms with Gasteiger partial charge in [0, 0.05) is 30.1 Å². The van der Waals surface area contributed by atoms with E-state index < -0.39 is 6.09 Å². The number of fused-ring (bicyclic) bond motifs is 1. The highest BCUT2D eigenvalue weighted by Crippen LogP contribution is 2.24. The summed E-state index contributed by atoms with van der Waals surface area (Å²) in [6, 6.07) is 7.02. The van der Waals surface area contributed by atoms with Gasteiger partial charge in [0.05, 0.1) is 13.2 Å². The van der Waals surface area contributed by atoms with Crippen LogP contribution in [0.2, 0.25) is 0 Å². The van der Waals surface area contributed by atoms with Crippen molar-refractivity contribution < 1.29 is 23.9 Å². The van der Waals surface area contributed by atoms with Gasteiger partial charge in [-0.15, -0.1) is 0 Å². The third kappa shape index (κ3) is 2.59. The number of hydrogen-bond donors (Lipinski definition) is 1. The van der Waals surface area contributed by atoms with Crippen LogP contribution in [0.5, 0.6) is 5.75 Å². The second-order valence-corrected chi connectivity index (χ2v) is 6.15. The van der Waals surface area contributed by atoms with Crippen molar-refractivity contribution in [1.82, 2.24) is 14.8 Å². The minimum Gasteiger partial charge on any atom is -0.497 e. The minimum absolute atomic E-state index is 0.155. The Morgan fingerprint density at radius 3 is 2.88 bits per heavy atom. The molecule has 4 rings (SSSR count). The average Bonchev–Trinajstić information content (AvgIpc) is 3.32. The molecule has 1 aromatic carbocycles. The van der Waals surface area contributed by atoms with E-state index in [-0.39, 0.29) is 24.5 Å². The fourth-order valence-electron chi connectivity index (χ4n) is 3.37. The first-order valence-corrected chi connectivity index (χ1v) is 8.01. The van der Waals surface area contributed by atoms with Crippen molar-refractivity contribution >= 4 is 28.8 Å². The lowest BCUT2D eigenvalue weighted by molar-refractivity contribution is -0.127. The predicted molar refractivity (Wildman–Crippen MR) is 87.4 cm³/mol. The van der Waals surface area contributed by atoms with Crippen LogP contribution in [0.15, 0.2) is 24.3 Å². The predicted octanol–water partition coefficient (Wildman–Crippen LogP) is 1.37. The third-order valence-corrected chi connectivity index (χ3v) is 4.66. The van der Waals surface area contributed by atoms with E-state index in [0.29, 0.717) is 31.0 Å². The average molecular weight is 343 g/mol. The molecule has 8 heteroatoms. The van der Waals surface area contributed by atoms with Gasteiger partial charge in [-0.05, 0) is 24.6 Å². The number of hydrogen-bond acceptors (Lipinski definition) is 5. The summed E-state index contributed by atoms with van der Waals surface area (Å²) in [5, 5.41) is 0.915. The van der Waals surface area contributed by atoms with Crippen molar-refractivity contribution in [3.8, 4) is 5.75 Å². The summed E-state index contributed by atoms with van der Waals surface area (Å²) in [7, 11) is 1.59. The molecule has 0 spiro atoms. The zero-order valence-electron chi connectivity index (χ0n) is 13.7. The number of aromatic amines is 1. The highest BCUT2D eigenvalue weighted by molar-refractivity contribution is 6.00. The Morgan fingerprint density at radius 1 is 1.32 bits per heavy atom. The lowest BCUT2D eigenvalue weighted by atomic mass is 10.2. The van der Waals surface area contributed by atoms with Crippen LogP contribution in [0.3, 0.4) is 0 Å². The second kappa shape index (κ2) is 5.80. The van der Waals surface area contributed by atoms with E-state index in [1.165, 1.54) is 0 Å². The van der Waals surface area contributed by atoms with Crippen LogP contribution in [0.4, 0.5) is 4.79 Å². The molecular formula is C17H17N3O5. The summed E-state index contributed by atoms with van der Waals surface area (Å²) in [5.41, 5.74) is 1.29. The molecule has 2 saturated heterocycles. The molecule has 2 aliphatic rings. The highest BCUT2D eigenvalue weighted by atomic mass is 16.6. The fourth-order valence-corrected chi connectivity index (χ4v) is 3.37. The maximum atomic E-state index is 12.7. The number of amides is 3. The maximum Gasteiger partial charge on any atom is 0.417 e. The zero-order valence-corrected chi connectivity index (χ0v) is 13.7. The summed E-state index contributed by atoms with van der Waals surface area (Å²) in [5.74, 6) is 0.209. The number of imide groups is 1. The number of carbonyl (C=O) groups is 3. The Kier molecular flexibility index (Phi) is 3.60. The largest absolute Gasteiger partial charge is 0.497 e.